The molecule has 0 saturated carbocycles. The minimum absolute atomic E-state index is 0.0948. The lowest BCUT2D eigenvalue weighted by Crippen LogP contribution is -2.28. The first kappa shape index (κ1) is 12.8. The average molecular weight is 264 g/mol. The molecule has 20 heavy (non-hydrogen) atoms. The van der Waals surface area contributed by atoms with Crippen LogP contribution < -0.4 is 0 Å². The second-order valence-corrected chi connectivity index (χ2v) is 5.37. The smallest absolute Gasteiger partial charge is 0.170 e. The Morgan fingerprint density at radius 3 is 2.40 bits per heavy atom. The van der Waals surface area contributed by atoms with Gasteiger partial charge in [0.05, 0.1) is 0 Å². The Morgan fingerprint density at radius 2 is 1.65 bits per heavy atom. The molecule has 0 N–H and O–H groups in total. The third-order valence-electron chi connectivity index (χ3n) is 4.01. The molecule has 0 bridgehead atoms. The Bertz CT molecular complexity index is 658. The molecule has 0 amide bonds. The summed E-state index contributed by atoms with van der Waals surface area (Å²) in [6.07, 6.45) is 0.601. The molecule has 1 aliphatic rings. The summed E-state index contributed by atoms with van der Waals surface area (Å²) in [7, 11) is 0. The number of hydrogen-bond donors (Lipinski definition) is 0. The molecule has 0 aliphatic heterocycles. The number of carbonyl (C=O) groups is 2. The maximum atomic E-state index is 12.7. The van der Waals surface area contributed by atoms with Gasteiger partial charge in [0, 0.05) is 23.0 Å². The molecule has 0 heterocycles. The molecule has 2 aromatic rings. The minimum Gasteiger partial charge on any atom is -0.294 e. The highest BCUT2D eigenvalue weighted by Gasteiger charge is 2.34. The van der Waals surface area contributed by atoms with Crippen molar-refractivity contribution in [1.29, 1.82) is 0 Å². The lowest BCUT2D eigenvalue weighted by molar-refractivity contribution is 0.0868. The zero-order valence-electron chi connectivity index (χ0n) is 11.4. The van der Waals surface area contributed by atoms with Crippen molar-refractivity contribution in [3.8, 4) is 0 Å². The van der Waals surface area contributed by atoms with Crippen molar-refractivity contribution in [2.75, 3.05) is 0 Å². The fourth-order valence-electron chi connectivity index (χ4n) is 2.93. The lowest BCUT2D eigenvalue weighted by atomic mass is 9.74. The van der Waals surface area contributed by atoms with Gasteiger partial charge in [-0.05, 0) is 12.0 Å². The van der Waals surface area contributed by atoms with E-state index < -0.39 is 0 Å². The van der Waals surface area contributed by atoms with Crippen LogP contribution in [0.2, 0.25) is 0 Å². The standard InChI is InChI=1S/C18H16O2/c1-12-11-16(18(20)13-7-3-2-4-8-13)14-9-5-6-10-15(14)17(12)19/h2-10,12,16H,11H2,1H3. The fraction of sp³-hybridized carbons (Fsp3) is 0.222. The number of Topliss-reactive ketones (excluding diaryl/α,β-unsaturated/α-hetero) is 2. The molecule has 2 unspecified atom stereocenters. The van der Waals surface area contributed by atoms with Gasteiger partial charge in [-0.3, -0.25) is 9.59 Å². The predicted molar refractivity (Wildman–Crippen MR) is 78.1 cm³/mol. The van der Waals surface area contributed by atoms with Gasteiger partial charge in [0.1, 0.15) is 0 Å². The maximum absolute atomic E-state index is 12.7. The molecular weight excluding hydrogens is 248 g/mol. The second-order valence-electron chi connectivity index (χ2n) is 5.37. The van der Waals surface area contributed by atoms with E-state index >= 15 is 0 Å². The number of fused-ring (bicyclic) bond motifs is 1. The van der Waals surface area contributed by atoms with Gasteiger partial charge in [-0.1, -0.05) is 61.5 Å². The Morgan fingerprint density at radius 1 is 1.00 bits per heavy atom. The van der Waals surface area contributed by atoms with Crippen molar-refractivity contribution < 1.29 is 9.59 Å². The van der Waals surface area contributed by atoms with Crippen LogP contribution in [0.3, 0.4) is 0 Å². The molecule has 2 atom stereocenters. The molecule has 2 aromatic carbocycles. The molecular formula is C18H16O2. The molecule has 0 saturated heterocycles. The average Bonchev–Trinajstić information content (AvgIpc) is 2.51. The first-order valence-corrected chi connectivity index (χ1v) is 6.91. The molecule has 3 rings (SSSR count). The van der Waals surface area contributed by atoms with Crippen LogP contribution >= 0.6 is 0 Å². The van der Waals surface area contributed by atoms with E-state index in [9.17, 15) is 9.59 Å². The summed E-state index contributed by atoms with van der Waals surface area (Å²) in [5, 5.41) is 0. The van der Waals surface area contributed by atoms with E-state index in [0.717, 1.165) is 5.56 Å². The van der Waals surface area contributed by atoms with Gasteiger partial charge in [0.25, 0.3) is 0 Å². The number of carbonyl (C=O) groups excluding carboxylic acids is 2. The van der Waals surface area contributed by atoms with Crippen molar-refractivity contribution in [2.24, 2.45) is 5.92 Å². The summed E-state index contributed by atoms with van der Waals surface area (Å²) >= 11 is 0. The van der Waals surface area contributed by atoms with Crippen molar-refractivity contribution >= 4 is 11.6 Å². The second kappa shape index (κ2) is 5.04. The van der Waals surface area contributed by atoms with Crippen molar-refractivity contribution in [2.45, 2.75) is 19.3 Å². The first-order valence-electron chi connectivity index (χ1n) is 6.91. The summed E-state index contributed by atoms with van der Waals surface area (Å²) in [5.74, 6) is -0.0426. The Kier molecular flexibility index (Phi) is 3.23. The van der Waals surface area contributed by atoms with E-state index in [1.54, 1.807) is 0 Å². The Labute approximate surface area is 118 Å². The maximum Gasteiger partial charge on any atom is 0.170 e. The molecule has 0 radical (unpaired) electrons. The van der Waals surface area contributed by atoms with Crippen LogP contribution in [-0.2, 0) is 0 Å². The summed E-state index contributed by atoms with van der Waals surface area (Å²) in [5.41, 5.74) is 2.30. The van der Waals surface area contributed by atoms with Crippen LogP contribution in [0.4, 0.5) is 0 Å². The van der Waals surface area contributed by atoms with Crippen LogP contribution in [0, 0.1) is 5.92 Å². The van der Waals surface area contributed by atoms with Gasteiger partial charge in [-0.25, -0.2) is 0 Å². The topological polar surface area (TPSA) is 34.1 Å². The van der Waals surface area contributed by atoms with Crippen LogP contribution in [0.1, 0.15) is 45.5 Å². The summed E-state index contributed by atoms with van der Waals surface area (Å²) in [6.45, 7) is 1.91. The normalized spacial score (nSPS) is 21.4. The highest BCUT2D eigenvalue weighted by molar-refractivity contribution is 6.07. The van der Waals surface area contributed by atoms with Crippen LogP contribution in [0.5, 0.6) is 0 Å². The summed E-state index contributed by atoms with van der Waals surface area (Å²) in [6, 6.07) is 16.8. The van der Waals surface area contributed by atoms with Gasteiger partial charge < -0.3 is 0 Å². The van der Waals surface area contributed by atoms with Crippen molar-refractivity contribution in [3.05, 3.63) is 71.3 Å². The van der Waals surface area contributed by atoms with E-state index in [1.807, 2.05) is 61.5 Å². The molecule has 100 valence electrons. The van der Waals surface area contributed by atoms with Gasteiger partial charge in [0.15, 0.2) is 11.6 Å². The molecule has 2 heteroatoms. The molecule has 0 spiro atoms. The SMILES string of the molecule is CC1CC(C(=O)c2ccccc2)c2ccccc2C1=O. The lowest BCUT2D eigenvalue weighted by Gasteiger charge is -2.27. The van der Waals surface area contributed by atoms with E-state index in [4.69, 9.17) is 0 Å². The zero-order valence-corrected chi connectivity index (χ0v) is 11.4. The van der Waals surface area contributed by atoms with Crippen LogP contribution in [0.25, 0.3) is 0 Å². The zero-order chi connectivity index (χ0) is 14.1. The van der Waals surface area contributed by atoms with Crippen molar-refractivity contribution in [1.82, 2.24) is 0 Å². The van der Waals surface area contributed by atoms with E-state index in [1.165, 1.54) is 0 Å². The van der Waals surface area contributed by atoms with Gasteiger partial charge >= 0.3 is 0 Å². The summed E-state index contributed by atoms with van der Waals surface area (Å²) < 4.78 is 0. The van der Waals surface area contributed by atoms with Crippen molar-refractivity contribution in [3.63, 3.8) is 0 Å². The van der Waals surface area contributed by atoms with Crippen LogP contribution in [-0.4, -0.2) is 11.6 Å². The highest BCUT2D eigenvalue weighted by Crippen LogP contribution is 2.36. The van der Waals surface area contributed by atoms with Gasteiger partial charge in [-0.2, -0.15) is 0 Å². The van der Waals surface area contributed by atoms with Gasteiger partial charge in [-0.15, -0.1) is 0 Å². The monoisotopic (exact) mass is 264 g/mol. The third kappa shape index (κ3) is 2.07. The largest absolute Gasteiger partial charge is 0.294 e. The molecule has 2 nitrogen and oxygen atoms in total. The molecule has 0 fully saturated rings. The molecule has 1 aliphatic carbocycles. The number of ketones is 2. The number of hydrogen-bond acceptors (Lipinski definition) is 2. The molecule has 0 aromatic heterocycles. The first-order chi connectivity index (χ1) is 9.68. The van der Waals surface area contributed by atoms with E-state index in [0.29, 0.717) is 17.5 Å². The highest BCUT2D eigenvalue weighted by atomic mass is 16.1. The quantitative estimate of drug-likeness (QED) is 0.771. The third-order valence-corrected chi connectivity index (χ3v) is 4.01. The minimum atomic E-state index is -0.207. The van der Waals surface area contributed by atoms with E-state index in [2.05, 4.69) is 0 Å². The van der Waals surface area contributed by atoms with E-state index in [-0.39, 0.29) is 23.4 Å². The summed E-state index contributed by atoms with van der Waals surface area (Å²) in [4.78, 5) is 24.9. The Hall–Kier alpha value is -2.22. The van der Waals surface area contributed by atoms with Crippen LogP contribution in [0.15, 0.2) is 54.6 Å². The Balaban J connectivity index is 2.05. The predicted octanol–water partition coefficient (Wildman–Crippen LogP) is 3.88. The number of benzene rings is 2. The fourth-order valence-corrected chi connectivity index (χ4v) is 2.93. The van der Waals surface area contributed by atoms with Gasteiger partial charge in [0.2, 0.25) is 0 Å². The number of rotatable bonds is 2.